The zero-order chi connectivity index (χ0) is 28.1. The van der Waals surface area contributed by atoms with Crippen LogP contribution in [-0.4, -0.2) is 41.9 Å². The lowest BCUT2D eigenvalue weighted by atomic mass is 9.97. The molecule has 5 rings (SSSR count). The number of fused-ring (bicyclic) bond motifs is 1. The molecule has 0 aromatic heterocycles. The smallest absolute Gasteiger partial charge is 0.265 e. The number of nitrogens with one attached hydrogen (secondary N) is 1. The Morgan fingerprint density at radius 3 is 2.52 bits per heavy atom. The maximum Gasteiger partial charge on any atom is 0.265 e. The minimum atomic E-state index is -0.0962. The molecule has 0 spiro atoms. The van der Waals surface area contributed by atoms with E-state index >= 15 is 0 Å². The Kier molecular flexibility index (Phi) is 9.08. The van der Waals surface area contributed by atoms with Gasteiger partial charge in [0.15, 0.2) is 0 Å². The van der Waals surface area contributed by atoms with Crippen molar-refractivity contribution in [1.82, 2.24) is 10.2 Å². The molecule has 5 nitrogen and oxygen atoms in total. The zero-order valence-corrected chi connectivity index (χ0v) is 24.5. The van der Waals surface area contributed by atoms with E-state index in [1.807, 2.05) is 71.6 Å². The van der Waals surface area contributed by atoms with Crippen LogP contribution in [0.2, 0.25) is 0 Å². The summed E-state index contributed by atoms with van der Waals surface area (Å²) in [6, 6.07) is 25.1. The summed E-state index contributed by atoms with van der Waals surface area (Å²) in [5.41, 5.74) is 4.56. The average molecular weight is 554 g/mol. The highest BCUT2D eigenvalue weighted by molar-refractivity contribution is 8.04. The third-order valence-corrected chi connectivity index (χ3v) is 9.04. The fourth-order valence-corrected chi connectivity index (χ4v) is 6.82. The number of hydrogen-bond donors (Lipinski definition) is 1. The van der Waals surface area contributed by atoms with Crippen molar-refractivity contribution >= 4 is 35.3 Å². The van der Waals surface area contributed by atoms with Crippen LogP contribution in [0.25, 0.3) is 6.08 Å². The maximum absolute atomic E-state index is 13.8. The molecule has 1 N–H and O–H groups in total. The van der Waals surface area contributed by atoms with E-state index in [0.29, 0.717) is 35.6 Å². The molecule has 208 valence electrons. The van der Waals surface area contributed by atoms with Gasteiger partial charge < -0.3 is 10.2 Å². The van der Waals surface area contributed by atoms with Crippen molar-refractivity contribution in [1.29, 1.82) is 0 Å². The Labute approximate surface area is 242 Å². The van der Waals surface area contributed by atoms with Gasteiger partial charge in [0.05, 0.1) is 17.1 Å². The second-order valence-electron chi connectivity index (χ2n) is 11.1. The topological polar surface area (TPSA) is 52.7 Å². The molecule has 0 unspecified atom stereocenters. The third kappa shape index (κ3) is 6.68. The standard InChI is InChI=1S/C34H39N3O2S/c1-24-10-7-15-28(20-24)23-37-30-22-29(33(38)35-18-9-19-36-25(2)11-8-12-26(36)3)16-17-31(30)40-32(34(37)39)21-27-13-5-4-6-14-27/h4-7,10,13-17,20-22,25-26H,8-9,11-12,18-19,23H2,1-3H3,(H,35,38)/b32-21-/t25-,26-/m1/s1. The number of hydrogen-bond acceptors (Lipinski definition) is 4. The van der Waals surface area contributed by atoms with Crippen LogP contribution in [0, 0.1) is 6.92 Å². The van der Waals surface area contributed by atoms with Crippen LogP contribution in [-0.2, 0) is 11.3 Å². The fraction of sp³-hybridized carbons (Fsp3) is 0.353. The van der Waals surface area contributed by atoms with Gasteiger partial charge in [-0.1, -0.05) is 78.3 Å². The lowest BCUT2D eigenvalue weighted by Gasteiger charge is -2.39. The molecular formula is C34H39N3O2S. The van der Waals surface area contributed by atoms with E-state index in [2.05, 4.69) is 43.1 Å². The van der Waals surface area contributed by atoms with Gasteiger partial charge >= 0.3 is 0 Å². The first-order chi connectivity index (χ1) is 19.4. The molecule has 2 atom stereocenters. The summed E-state index contributed by atoms with van der Waals surface area (Å²) in [6.45, 7) is 8.75. The van der Waals surface area contributed by atoms with Crippen molar-refractivity contribution in [3.8, 4) is 0 Å². The first-order valence-electron chi connectivity index (χ1n) is 14.4. The van der Waals surface area contributed by atoms with Gasteiger partial charge in [0.1, 0.15) is 0 Å². The van der Waals surface area contributed by atoms with Crippen molar-refractivity contribution in [3.05, 3.63) is 100.0 Å². The van der Waals surface area contributed by atoms with Gasteiger partial charge in [0.2, 0.25) is 0 Å². The van der Waals surface area contributed by atoms with Crippen LogP contribution in [0.5, 0.6) is 0 Å². The van der Waals surface area contributed by atoms with E-state index in [-0.39, 0.29) is 11.8 Å². The Morgan fingerprint density at radius 1 is 1.00 bits per heavy atom. The summed E-state index contributed by atoms with van der Waals surface area (Å²) >= 11 is 1.47. The van der Waals surface area contributed by atoms with Gasteiger partial charge in [-0.25, -0.2) is 0 Å². The van der Waals surface area contributed by atoms with Gasteiger partial charge in [-0.05, 0) is 75.4 Å². The molecule has 3 aromatic carbocycles. The minimum absolute atomic E-state index is 0.0508. The molecule has 0 bridgehead atoms. The summed E-state index contributed by atoms with van der Waals surface area (Å²) < 4.78 is 0. The first kappa shape index (κ1) is 28.2. The van der Waals surface area contributed by atoms with Crippen LogP contribution in [0.15, 0.2) is 82.6 Å². The molecule has 0 radical (unpaired) electrons. The van der Waals surface area contributed by atoms with E-state index in [9.17, 15) is 9.59 Å². The number of benzene rings is 3. The number of carbonyl (C=O) groups is 2. The molecule has 0 aliphatic carbocycles. The lowest BCUT2D eigenvalue weighted by molar-refractivity contribution is -0.114. The predicted molar refractivity (Wildman–Crippen MR) is 166 cm³/mol. The van der Waals surface area contributed by atoms with Crippen molar-refractivity contribution < 1.29 is 9.59 Å². The molecule has 40 heavy (non-hydrogen) atoms. The number of carbonyl (C=O) groups excluding carboxylic acids is 2. The Morgan fingerprint density at radius 2 is 1.77 bits per heavy atom. The van der Waals surface area contributed by atoms with E-state index < -0.39 is 0 Å². The average Bonchev–Trinajstić information content (AvgIpc) is 2.95. The number of piperidine rings is 1. The van der Waals surface area contributed by atoms with Gasteiger partial charge in [-0.3, -0.25) is 14.5 Å². The van der Waals surface area contributed by atoms with E-state index in [0.717, 1.165) is 40.2 Å². The summed E-state index contributed by atoms with van der Waals surface area (Å²) in [7, 11) is 0. The monoisotopic (exact) mass is 553 g/mol. The fourth-order valence-electron chi connectivity index (χ4n) is 5.78. The predicted octanol–water partition coefficient (Wildman–Crippen LogP) is 7.06. The number of nitrogens with zero attached hydrogens (tertiary/aromatic N) is 2. The number of likely N-dealkylation sites (tertiary alicyclic amines) is 1. The highest BCUT2D eigenvalue weighted by Crippen LogP contribution is 2.43. The van der Waals surface area contributed by atoms with Crippen LogP contribution >= 0.6 is 11.8 Å². The number of amides is 2. The number of rotatable bonds is 8. The minimum Gasteiger partial charge on any atom is -0.352 e. The van der Waals surface area contributed by atoms with Crippen molar-refractivity contribution in [2.75, 3.05) is 18.0 Å². The molecule has 6 heteroatoms. The zero-order valence-electron chi connectivity index (χ0n) is 23.7. The van der Waals surface area contributed by atoms with Crippen LogP contribution in [0.3, 0.4) is 0 Å². The normalized spacial score (nSPS) is 20.4. The quantitative estimate of drug-likeness (QED) is 0.240. The largest absolute Gasteiger partial charge is 0.352 e. The summed E-state index contributed by atoms with van der Waals surface area (Å²) in [5, 5.41) is 3.11. The third-order valence-electron chi connectivity index (χ3n) is 7.96. The van der Waals surface area contributed by atoms with E-state index in [1.54, 1.807) is 0 Å². The Bertz CT molecular complexity index is 1380. The molecule has 3 aromatic rings. The molecule has 2 aliphatic heterocycles. The summed E-state index contributed by atoms with van der Waals surface area (Å²) in [6.07, 6.45) is 6.68. The van der Waals surface area contributed by atoms with Crippen molar-refractivity contribution in [2.24, 2.45) is 0 Å². The SMILES string of the molecule is Cc1cccc(CN2C(=O)/C(=C/c3ccccc3)Sc3ccc(C(=O)NCCCN4[C@H](C)CCC[C@H]4C)cc32)c1. The Hall–Kier alpha value is -3.35. The van der Waals surface area contributed by atoms with Gasteiger partial charge in [-0.2, -0.15) is 0 Å². The van der Waals surface area contributed by atoms with Gasteiger partial charge in [0, 0.05) is 35.6 Å². The van der Waals surface area contributed by atoms with Gasteiger partial charge in [0.25, 0.3) is 11.8 Å². The van der Waals surface area contributed by atoms with Crippen molar-refractivity contribution in [2.45, 2.75) is 70.0 Å². The number of aryl methyl sites for hydroxylation is 1. The molecule has 2 heterocycles. The van der Waals surface area contributed by atoms with Crippen LogP contribution in [0.1, 0.15) is 66.6 Å². The molecule has 0 saturated carbocycles. The molecule has 2 amide bonds. The second kappa shape index (κ2) is 12.9. The van der Waals surface area contributed by atoms with E-state index in [4.69, 9.17) is 0 Å². The number of anilines is 1. The first-order valence-corrected chi connectivity index (χ1v) is 15.2. The highest BCUT2D eigenvalue weighted by Gasteiger charge is 2.30. The lowest BCUT2D eigenvalue weighted by Crippen LogP contribution is -2.44. The second-order valence-corrected chi connectivity index (χ2v) is 12.1. The van der Waals surface area contributed by atoms with E-state index in [1.165, 1.54) is 31.0 Å². The summed E-state index contributed by atoms with van der Waals surface area (Å²) in [5.74, 6) is -0.147. The van der Waals surface area contributed by atoms with Crippen LogP contribution in [0.4, 0.5) is 5.69 Å². The summed E-state index contributed by atoms with van der Waals surface area (Å²) in [4.78, 5) is 33.0. The molecule has 2 aliphatic rings. The van der Waals surface area contributed by atoms with Gasteiger partial charge in [-0.15, -0.1) is 0 Å². The van der Waals surface area contributed by atoms with Crippen molar-refractivity contribution in [3.63, 3.8) is 0 Å². The molecule has 1 saturated heterocycles. The van der Waals surface area contributed by atoms with Crippen LogP contribution < -0.4 is 10.2 Å². The molecular weight excluding hydrogens is 514 g/mol. The highest BCUT2D eigenvalue weighted by atomic mass is 32.2. The number of thioether (sulfide) groups is 1. The molecule has 1 fully saturated rings. The maximum atomic E-state index is 13.8. The Balaban J connectivity index is 1.34.